The van der Waals surface area contributed by atoms with E-state index in [2.05, 4.69) is 33.4 Å². The Balaban J connectivity index is 2.45. The topological polar surface area (TPSA) is 12.0 Å². The van der Waals surface area contributed by atoms with Crippen LogP contribution in [0.5, 0.6) is 0 Å². The van der Waals surface area contributed by atoms with Gasteiger partial charge in [-0.2, -0.15) is 0 Å². The van der Waals surface area contributed by atoms with Gasteiger partial charge in [0.25, 0.3) is 0 Å². The molecule has 18 heavy (non-hydrogen) atoms. The zero-order chi connectivity index (χ0) is 13.1. The highest BCUT2D eigenvalue weighted by Crippen LogP contribution is 2.31. The van der Waals surface area contributed by atoms with Gasteiger partial charge in [-0.05, 0) is 42.4 Å². The molecule has 0 fully saturated rings. The Bertz CT molecular complexity index is 557. The average Bonchev–Trinajstić information content (AvgIpc) is 2.33. The molecule has 1 N–H and O–H groups in total. The predicted molar refractivity (Wildman–Crippen MR) is 81.5 cm³/mol. The molecule has 0 saturated carbocycles. The van der Waals surface area contributed by atoms with Gasteiger partial charge < -0.3 is 5.32 Å². The Hall–Kier alpha value is -0.540. The number of benzene rings is 2. The number of hydrogen-bond donors (Lipinski definition) is 1. The molecule has 1 unspecified atom stereocenters. The minimum absolute atomic E-state index is 0.0484. The minimum Gasteiger partial charge on any atom is -0.309 e. The first kappa shape index (κ1) is 13.9. The van der Waals surface area contributed by atoms with E-state index in [1.165, 1.54) is 0 Å². The summed E-state index contributed by atoms with van der Waals surface area (Å²) in [6.45, 7) is 0. The predicted octanol–water partition coefficient (Wildman–Crippen LogP) is 5.06. The third kappa shape index (κ3) is 3.07. The highest BCUT2D eigenvalue weighted by atomic mass is 79.9. The van der Waals surface area contributed by atoms with Gasteiger partial charge in [0, 0.05) is 14.5 Å². The van der Waals surface area contributed by atoms with E-state index in [9.17, 15) is 0 Å². The summed E-state index contributed by atoms with van der Waals surface area (Å²) in [5.41, 5.74) is 2.16. The maximum atomic E-state index is 6.26. The number of rotatable bonds is 3. The lowest BCUT2D eigenvalue weighted by Crippen LogP contribution is -2.18. The van der Waals surface area contributed by atoms with Crippen LogP contribution in [0.25, 0.3) is 0 Å². The molecule has 4 heteroatoms. The second kappa shape index (κ2) is 6.07. The summed E-state index contributed by atoms with van der Waals surface area (Å²) in [6.07, 6.45) is 0. The lowest BCUT2D eigenvalue weighted by molar-refractivity contribution is 0.692. The minimum atomic E-state index is 0.0484. The van der Waals surface area contributed by atoms with E-state index in [0.717, 1.165) is 15.6 Å². The lowest BCUT2D eigenvalue weighted by Gasteiger charge is -2.19. The van der Waals surface area contributed by atoms with Crippen LogP contribution in [0.3, 0.4) is 0 Å². The first-order valence-corrected chi connectivity index (χ1v) is 7.04. The van der Waals surface area contributed by atoms with Crippen molar-refractivity contribution in [2.75, 3.05) is 7.05 Å². The van der Waals surface area contributed by atoms with Crippen LogP contribution in [-0.4, -0.2) is 7.05 Å². The molecule has 0 radical (unpaired) electrons. The fraction of sp³-hybridized carbons (Fsp3) is 0.143. The highest BCUT2D eigenvalue weighted by Gasteiger charge is 2.15. The third-order valence-corrected chi connectivity index (χ3v) is 3.80. The average molecular weight is 345 g/mol. The van der Waals surface area contributed by atoms with E-state index in [1.54, 1.807) is 6.07 Å². The van der Waals surface area contributed by atoms with Crippen molar-refractivity contribution in [2.45, 2.75) is 6.04 Å². The van der Waals surface area contributed by atoms with E-state index >= 15 is 0 Å². The first-order valence-electron chi connectivity index (χ1n) is 5.49. The first-order chi connectivity index (χ1) is 8.61. The van der Waals surface area contributed by atoms with Crippen molar-refractivity contribution in [1.29, 1.82) is 0 Å². The van der Waals surface area contributed by atoms with Gasteiger partial charge in [0.15, 0.2) is 0 Å². The summed E-state index contributed by atoms with van der Waals surface area (Å²) >= 11 is 15.7. The van der Waals surface area contributed by atoms with Crippen LogP contribution in [0.1, 0.15) is 17.2 Å². The maximum Gasteiger partial charge on any atom is 0.0589 e. The van der Waals surface area contributed by atoms with Crippen molar-refractivity contribution in [3.8, 4) is 0 Å². The monoisotopic (exact) mass is 343 g/mol. The van der Waals surface area contributed by atoms with Gasteiger partial charge in [0.2, 0.25) is 0 Å². The molecule has 0 aliphatic carbocycles. The Labute approximate surface area is 125 Å². The fourth-order valence-electron chi connectivity index (χ4n) is 1.92. The van der Waals surface area contributed by atoms with Crippen LogP contribution < -0.4 is 5.32 Å². The summed E-state index contributed by atoms with van der Waals surface area (Å²) in [5, 5.41) is 4.59. The van der Waals surface area contributed by atoms with Gasteiger partial charge in [-0.15, -0.1) is 0 Å². The summed E-state index contributed by atoms with van der Waals surface area (Å²) in [5.74, 6) is 0. The summed E-state index contributed by atoms with van der Waals surface area (Å²) < 4.78 is 1.05. The van der Waals surface area contributed by atoms with Crippen molar-refractivity contribution in [1.82, 2.24) is 5.32 Å². The Morgan fingerprint density at radius 2 is 1.89 bits per heavy atom. The van der Waals surface area contributed by atoms with Crippen molar-refractivity contribution >= 4 is 39.1 Å². The molecule has 1 nitrogen and oxygen atoms in total. The number of nitrogens with one attached hydrogen (secondary N) is 1. The molecule has 0 spiro atoms. The van der Waals surface area contributed by atoms with E-state index < -0.39 is 0 Å². The van der Waals surface area contributed by atoms with Crippen LogP contribution in [-0.2, 0) is 0 Å². The second-order valence-electron chi connectivity index (χ2n) is 3.94. The summed E-state index contributed by atoms with van der Waals surface area (Å²) in [7, 11) is 1.91. The summed E-state index contributed by atoms with van der Waals surface area (Å²) in [4.78, 5) is 0. The molecular weight excluding hydrogens is 333 g/mol. The largest absolute Gasteiger partial charge is 0.309 e. The van der Waals surface area contributed by atoms with Crippen molar-refractivity contribution in [3.63, 3.8) is 0 Å². The summed E-state index contributed by atoms with van der Waals surface area (Å²) in [6, 6.07) is 13.8. The van der Waals surface area contributed by atoms with Gasteiger partial charge >= 0.3 is 0 Å². The standard InChI is InChI=1S/C14H12BrCl2N/c1-18-14(9-3-2-4-10(15)7-9)12-6-5-11(16)8-13(12)17/h2-8,14,18H,1H3. The van der Waals surface area contributed by atoms with Gasteiger partial charge in [-0.1, -0.05) is 57.3 Å². The van der Waals surface area contributed by atoms with E-state index in [4.69, 9.17) is 23.2 Å². The zero-order valence-corrected chi connectivity index (χ0v) is 12.9. The molecule has 0 amide bonds. The lowest BCUT2D eigenvalue weighted by atomic mass is 9.99. The Kier molecular flexibility index (Phi) is 4.68. The molecule has 94 valence electrons. The molecule has 2 aromatic rings. The fourth-order valence-corrected chi connectivity index (χ4v) is 2.86. The van der Waals surface area contributed by atoms with Gasteiger partial charge in [-0.3, -0.25) is 0 Å². The third-order valence-electron chi connectivity index (χ3n) is 2.74. The number of hydrogen-bond acceptors (Lipinski definition) is 1. The maximum absolute atomic E-state index is 6.26. The molecular formula is C14H12BrCl2N. The molecule has 1 atom stereocenters. The second-order valence-corrected chi connectivity index (χ2v) is 5.70. The smallest absolute Gasteiger partial charge is 0.0589 e. The van der Waals surface area contributed by atoms with Crippen LogP contribution in [0, 0.1) is 0 Å². The Morgan fingerprint density at radius 3 is 2.50 bits per heavy atom. The quantitative estimate of drug-likeness (QED) is 0.820. The van der Waals surface area contributed by atoms with Crippen molar-refractivity contribution in [3.05, 3.63) is 68.1 Å². The van der Waals surface area contributed by atoms with E-state index in [0.29, 0.717) is 10.0 Å². The van der Waals surface area contributed by atoms with Crippen LogP contribution in [0.4, 0.5) is 0 Å². The highest BCUT2D eigenvalue weighted by molar-refractivity contribution is 9.10. The number of halogens is 3. The van der Waals surface area contributed by atoms with E-state index in [-0.39, 0.29) is 6.04 Å². The molecule has 0 bridgehead atoms. The molecule has 0 saturated heterocycles. The van der Waals surface area contributed by atoms with Gasteiger partial charge in [0.1, 0.15) is 0 Å². The zero-order valence-electron chi connectivity index (χ0n) is 9.75. The Morgan fingerprint density at radius 1 is 1.11 bits per heavy atom. The van der Waals surface area contributed by atoms with Crippen molar-refractivity contribution in [2.24, 2.45) is 0 Å². The SMILES string of the molecule is CNC(c1cccc(Br)c1)c1ccc(Cl)cc1Cl. The van der Waals surface area contributed by atoms with Crippen LogP contribution in [0.2, 0.25) is 10.0 Å². The van der Waals surface area contributed by atoms with Gasteiger partial charge in [-0.25, -0.2) is 0 Å². The normalized spacial score (nSPS) is 12.4. The van der Waals surface area contributed by atoms with E-state index in [1.807, 2.05) is 31.3 Å². The van der Waals surface area contributed by atoms with Crippen LogP contribution >= 0.6 is 39.1 Å². The van der Waals surface area contributed by atoms with Crippen molar-refractivity contribution < 1.29 is 0 Å². The molecule has 0 aliphatic heterocycles. The molecule has 0 heterocycles. The molecule has 2 rings (SSSR count). The molecule has 2 aromatic carbocycles. The molecule has 0 aliphatic rings. The van der Waals surface area contributed by atoms with Gasteiger partial charge in [0.05, 0.1) is 6.04 Å². The van der Waals surface area contributed by atoms with Crippen LogP contribution in [0.15, 0.2) is 46.9 Å². The molecule has 0 aromatic heterocycles.